The molecule has 0 unspecified atom stereocenters. The Hall–Kier alpha value is -2.33. The molecule has 0 atom stereocenters. The van der Waals surface area contributed by atoms with E-state index in [1.54, 1.807) is 6.07 Å². The van der Waals surface area contributed by atoms with E-state index in [4.69, 9.17) is 11.6 Å². The minimum atomic E-state index is -0.290. The second-order valence-corrected chi connectivity index (χ2v) is 6.77. The third-order valence-electron chi connectivity index (χ3n) is 4.18. The SMILES string of the molecule is CC(=O)N(CC(=O)Nc1c(C)cc(C)cc1Cl)c1ccc(C)c(C)c1. The summed E-state index contributed by atoms with van der Waals surface area (Å²) in [6.45, 7) is 9.20. The van der Waals surface area contributed by atoms with Crippen molar-refractivity contribution in [2.24, 2.45) is 0 Å². The van der Waals surface area contributed by atoms with Gasteiger partial charge in [0.05, 0.1) is 10.7 Å². The minimum absolute atomic E-state index is 0.0680. The molecule has 0 heterocycles. The molecule has 2 aromatic carbocycles. The average molecular weight is 359 g/mol. The van der Waals surface area contributed by atoms with Crippen molar-refractivity contribution < 1.29 is 9.59 Å². The molecule has 2 aromatic rings. The molecule has 0 saturated carbocycles. The first-order chi connectivity index (χ1) is 11.7. The van der Waals surface area contributed by atoms with E-state index in [1.165, 1.54) is 11.8 Å². The van der Waals surface area contributed by atoms with E-state index in [0.717, 1.165) is 22.3 Å². The maximum atomic E-state index is 12.5. The summed E-state index contributed by atoms with van der Waals surface area (Å²) in [5.41, 5.74) is 5.42. The highest BCUT2D eigenvalue weighted by Crippen LogP contribution is 2.27. The minimum Gasteiger partial charge on any atom is -0.323 e. The first kappa shape index (κ1) is 19.0. The third-order valence-corrected chi connectivity index (χ3v) is 4.48. The van der Waals surface area contributed by atoms with Gasteiger partial charge in [-0.05, 0) is 68.1 Å². The Morgan fingerprint density at radius 3 is 2.24 bits per heavy atom. The third kappa shape index (κ3) is 4.60. The monoisotopic (exact) mass is 358 g/mol. The number of carbonyl (C=O) groups is 2. The van der Waals surface area contributed by atoms with Crippen molar-refractivity contribution in [2.75, 3.05) is 16.8 Å². The molecule has 0 aliphatic rings. The maximum absolute atomic E-state index is 12.5. The number of benzene rings is 2. The van der Waals surface area contributed by atoms with E-state index in [9.17, 15) is 9.59 Å². The highest BCUT2D eigenvalue weighted by atomic mass is 35.5. The van der Waals surface area contributed by atoms with Gasteiger partial charge >= 0.3 is 0 Å². The Labute approximate surface area is 153 Å². The molecule has 0 aliphatic heterocycles. The van der Waals surface area contributed by atoms with E-state index in [2.05, 4.69) is 5.32 Å². The molecule has 0 radical (unpaired) electrons. The van der Waals surface area contributed by atoms with Crippen molar-refractivity contribution in [1.82, 2.24) is 0 Å². The molecule has 0 bridgehead atoms. The smallest absolute Gasteiger partial charge is 0.244 e. The van der Waals surface area contributed by atoms with Gasteiger partial charge in [-0.15, -0.1) is 0 Å². The van der Waals surface area contributed by atoms with Crippen LogP contribution in [0.25, 0.3) is 0 Å². The summed E-state index contributed by atoms with van der Waals surface area (Å²) < 4.78 is 0. The molecular weight excluding hydrogens is 336 g/mol. The summed E-state index contributed by atoms with van der Waals surface area (Å²) in [7, 11) is 0. The van der Waals surface area contributed by atoms with Crippen LogP contribution in [0.1, 0.15) is 29.2 Å². The Bertz CT molecular complexity index is 807. The van der Waals surface area contributed by atoms with Crippen molar-refractivity contribution in [3.05, 3.63) is 57.6 Å². The van der Waals surface area contributed by atoms with Crippen LogP contribution in [-0.4, -0.2) is 18.4 Å². The molecule has 25 heavy (non-hydrogen) atoms. The lowest BCUT2D eigenvalue weighted by Crippen LogP contribution is -2.36. The van der Waals surface area contributed by atoms with Crippen molar-refractivity contribution >= 4 is 34.8 Å². The highest BCUT2D eigenvalue weighted by molar-refractivity contribution is 6.34. The van der Waals surface area contributed by atoms with Crippen LogP contribution < -0.4 is 10.2 Å². The molecule has 0 saturated heterocycles. The number of rotatable bonds is 4. The Morgan fingerprint density at radius 1 is 1.00 bits per heavy atom. The summed E-state index contributed by atoms with van der Waals surface area (Å²) in [5, 5.41) is 3.31. The number of nitrogens with one attached hydrogen (secondary N) is 1. The number of carbonyl (C=O) groups excluding carboxylic acids is 2. The summed E-state index contributed by atoms with van der Waals surface area (Å²) in [6.07, 6.45) is 0. The van der Waals surface area contributed by atoms with Gasteiger partial charge in [0.2, 0.25) is 11.8 Å². The summed E-state index contributed by atoms with van der Waals surface area (Å²) in [6, 6.07) is 9.46. The van der Waals surface area contributed by atoms with Crippen LogP contribution in [0.2, 0.25) is 5.02 Å². The van der Waals surface area contributed by atoms with Crippen LogP contribution in [0.4, 0.5) is 11.4 Å². The number of amides is 2. The number of halogens is 1. The van der Waals surface area contributed by atoms with Gasteiger partial charge < -0.3 is 10.2 Å². The molecule has 4 nitrogen and oxygen atoms in total. The van der Waals surface area contributed by atoms with E-state index < -0.39 is 0 Å². The molecule has 1 N–H and O–H groups in total. The van der Waals surface area contributed by atoms with Gasteiger partial charge in [0, 0.05) is 12.6 Å². The number of anilines is 2. The molecule has 132 valence electrons. The molecule has 2 amide bonds. The standard InChI is InChI=1S/C20H23ClN2O2/c1-12-8-15(4)20(18(21)9-12)22-19(25)11-23(16(5)24)17-7-6-13(2)14(3)10-17/h6-10H,11H2,1-5H3,(H,22,25). The second kappa shape index (κ2) is 7.70. The molecule has 0 aliphatic carbocycles. The van der Waals surface area contributed by atoms with Gasteiger partial charge in [-0.1, -0.05) is 23.7 Å². The highest BCUT2D eigenvalue weighted by Gasteiger charge is 2.18. The lowest BCUT2D eigenvalue weighted by atomic mass is 10.1. The molecule has 0 spiro atoms. The lowest BCUT2D eigenvalue weighted by molar-refractivity contribution is -0.120. The van der Waals surface area contributed by atoms with Gasteiger partial charge in [0.1, 0.15) is 6.54 Å². The fourth-order valence-electron chi connectivity index (χ4n) is 2.67. The van der Waals surface area contributed by atoms with Crippen molar-refractivity contribution in [1.29, 1.82) is 0 Å². The maximum Gasteiger partial charge on any atom is 0.244 e. The van der Waals surface area contributed by atoms with Crippen molar-refractivity contribution in [3.63, 3.8) is 0 Å². The quantitative estimate of drug-likeness (QED) is 0.870. The van der Waals surface area contributed by atoms with Gasteiger partial charge in [0.15, 0.2) is 0 Å². The largest absolute Gasteiger partial charge is 0.323 e. The Balaban J connectivity index is 2.21. The van der Waals surface area contributed by atoms with Crippen LogP contribution in [0.3, 0.4) is 0 Å². The van der Waals surface area contributed by atoms with E-state index in [0.29, 0.717) is 16.4 Å². The zero-order valence-corrected chi connectivity index (χ0v) is 16.0. The first-order valence-electron chi connectivity index (χ1n) is 8.11. The number of nitrogens with zero attached hydrogens (tertiary/aromatic N) is 1. The average Bonchev–Trinajstić information content (AvgIpc) is 2.51. The van der Waals surface area contributed by atoms with Crippen LogP contribution in [-0.2, 0) is 9.59 Å². The van der Waals surface area contributed by atoms with Crippen LogP contribution in [0.15, 0.2) is 30.3 Å². The topological polar surface area (TPSA) is 49.4 Å². The zero-order chi connectivity index (χ0) is 18.7. The first-order valence-corrected chi connectivity index (χ1v) is 8.48. The van der Waals surface area contributed by atoms with Crippen LogP contribution in [0, 0.1) is 27.7 Å². The predicted octanol–water partition coefficient (Wildman–Crippen LogP) is 4.57. The number of hydrogen-bond donors (Lipinski definition) is 1. The van der Waals surface area contributed by atoms with Crippen molar-refractivity contribution in [2.45, 2.75) is 34.6 Å². The molecular formula is C20H23ClN2O2. The zero-order valence-electron chi connectivity index (χ0n) is 15.2. The summed E-state index contributed by atoms with van der Waals surface area (Å²) in [5.74, 6) is -0.479. The summed E-state index contributed by atoms with van der Waals surface area (Å²) in [4.78, 5) is 26.0. The van der Waals surface area contributed by atoms with Gasteiger partial charge in [0.25, 0.3) is 0 Å². The fraction of sp³-hybridized carbons (Fsp3) is 0.300. The van der Waals surface area contributed by atoms with Gasteiger partial charge in [-0.25, -0.2) is 0 Å². The number of aryl methyl sites for hydroxylation is 4. The van der Waals surface area contributed by atoms with Crippen molar-refractivity contribution in [3.8, 4) is 0 Å². The van der Waals surface area contributed by atoms with Gasteiger partial charge in [-0.3, -0.25) is 9.59 Å². The molecule has 2 rings (SSSR count). The van der Waals surface area contributed by atoms with E-state index in [1.807, 2.05) is 52.0 Å². The molecule has 5 heteroatoms. The predicted molar refractivity (Wildman–Crippen MR) is 103 cm³/mol. The van der Waals surface area contributed by atoms with Gasteiger partial charge in [-0.2, -0.15) is 0 Å². The molecule has 0 fully saturated rings. The molecule has 0 aromatic heterocycles. The second-order valence-electron chi connectivity index (χ2n) is 6.36. The summed E-state index contributed by atoms with van der Waals surface area (Å²) >= 11 is 6.24. The fourth-order valence-corrected chi connectivity index (χ4v) is 3.04. The van der Waals surface area contributed by atoms with E-state index >= 15 is 0 Å². The number of hydrogen-bond acceptors (Lipinski definition) is 2. The normalized spacial score (nSPS) is 10.5. The van der Waals surface area contributed by atoms with Crippen LogP contribution in [0.5, 0.6) is 0 Å². The van der Waals surface area contributed by atoms with E-state index in [-0.39, 0.29) is 18.4 Å². The van der Waals surface area contributed by atoms with Crippen LogP contribution >= 0.6 is 11.6 Å². The Morgan fingerprint density at radius 2 is 1.68 bits per heavy atom. The Kier molecular flexibility index (Phi) is 5.85. The lowest BCUT2D eigenvalue weighted by Gasteiger charge is -2.22.